The van der Waals surface area contributed by atoms with E-state index in [4.69, 9.17) is 4.74 Å². The molecule has 1 amide bonds. The molecule has 0 spiro atoms. The number of carbonyl (C=O) groups excluding carboxylic acids is 2. The van der Waals surface area contributed by atoms with Crippen LogP contribution in [0.3, 0.4) is 0 Å². The third-order valence-corrected chi connectivity index (χ3v) is 4.27. The summed E-state index contributed by atoms with van der Waals surface area (Å²) in [7, 11) is 0. The summed E-state index contributed by atoms with van der Waals surface area (Å²) < 4.78 is 6.76. The fourth-order valence-electron chi connectivity index (χ4n) is 2.94. The Balaban J connectivity index is 1.69. The lowest BCUT2D eigenvalue weighted by Crippen LogP contribution is -2.30. The number of tetrazole rings is 1. The number of benzene rings is 2. The first-order valence-electron chi connectivity index (χ1n) is 8.78. The van der Waals surface area contributed by atoms with E-state index < -0.39 is 12.1 Å². The molecule has 144 valence electrons. The highest BCUT2D eigenvalue weighted by molar-refractivity contribution is 5.98. The van der Waals surface area contributed by atoms with E-state index in [-0.39, 0.29) is 5.91 Å². The average Bonchev–Trinajstić information content (AvgIpc) is 3.19. The molecular formula is C20H21N5O3. The van der Waals surface area contributed by atoms with E-state index in [1.165, 1.54) is 17.9 Å². The SMILES string of the molecule is Cc1cc(C)c(NC(=O)C(C)OC(=O)c2cccc(-n3cnnn3)c2)c(C)c1. The molecule has 0 fully saturated rings. The molecule has 1 aromatic heterocycles. The van der Waals surface area contributed by atoms with Gasteiger partial charge in [0.05, 0.1) is 11.3 Å². The lowest BCUT2D eigenvalue weighted by molar-refractivity contribution is -0.123. The molecule has 1 heterocycles. The van der Waals surface area contributed by atoms with E-state index in [1.54, 1.807) is 24.3 Å². The molecule has 0 aliphatic heterocycles. The molecule has 1 unspecified atom stereocenters. The Morgan fingerprint density at radius 3 is 2.46 bits per heavy atom. The van der Waals surface area contributed by atoms with Crippen molar-refractivity contribution in [1.29, 1.82) is 0 Å². The zero-order valence-electron chi connectivity index (χ0n) is 16.1. The number of anilines is 1. The van der Waals surface area contributed by atoms with Gasteiger partial charge in [-0.3, -0.25) is 4.79 Å². The van der Waals surface area contributed by atoms with Crippen molar-refractivity contribution < 1.29 is 14.3 Å². The van der Waals surface area contributed by atoms with Crippen molar-refractivity contribution in [2.75, 3.05) is 5.32 Å². The third-order valence-electron chi connectivity index (χ3n) is 4.27. The molecule has 8 heteroatoms. The zero-order chi connectivity index (χ0) is 20.3. The predicted octanol–water partition coefficient (Wildman–Crippen LogP) is 2.77. The topological polar surface area (TPSA) is 99.0 Å². The summed E-state index contributed by atoms with van der Waals surface area (Å²) in [5.41, 5.74) is 4.68. The van der Waals surface area contributed by atoms with Gasteiger partial charge < -0.3 is 10.1 Å². The van der Waals surface area contributed by atoms with Crippen LogP contribution in [0, 0.1) is 20.8 Å². The predicted molar refractivity (Wildman–Crippen MR) is 103 cm³/mol. The van der Waals surface area contributed by atoms with E-state index in [0.29, 0.717) is 11.3 Å². The van der Waals surface area contributed by atoms with Gasteiger partial charge in [0.2, 0.25) is 0 Å². The van der Waals surface area contributed by atoms with Crippen LogP contribution in [0.5, 0.6) is 0 Å². The van der Waals surface area contributed by atoms with Gasteiger partial charge in [0.15, 0.2) is 6.10 Å². The van der Waals surface area contributed by atoms with Crippen molar-refractivity contribution in [3.8, 4) is 5.69 Å². The third kappa shape index (κ3) is 4.22. The number of rotatable bonds is 5. The van der Waals surface area contributed by atoms with Gasteiger partial charge in [-0.1, -0.05) is 23.8 Å². The van der Waals surface area contributed by atoms with Crippen LogP contribution in [0.25, 0.3) is 5.69 Å². The molecule has 8 nitrogen and oxygen atoms in total. The first kappa shape index (κ1) is 19.2. The van der Waals surface area contributed by atoms with E-state index in [9.17, 15) is 9.59 Å². The number of hydrogen-bond acceptors (Lipinski definition) is 6. The quantitative estimate of drug-likeness (QED) is 0.685. The molecular weight excluding hydrogens is 358 g/mol. The molecule has 0 saturated carbocycles. The first-order chi connectivity index (χ1) is 13.3. The van der Waals surface area contributed by atoms with Crippen molar-refractivity contribution >= 4 is 17.6 Å². The van der Waals surface area contributed by atoms with Gasteiger partial charge in [-0.2, -0.15) is 0 Å². The lowest BCUT2D eigenvalue weighted by Gasteiger charge is -2.17. The molecule has 28 heavy (non-hydrogen) atoms. The first-order valence-corrected chi connectivity index (χ1v) is 8.78. The monoisotopic (exact) mass is 379 g/mol. The van der Waals surface area contributed by atoms with Crippen LogP contribution in [-0.2, 0) is 9.53 Å². The summed E-state index contributed by atoms with van der Waals surface area (Å²) in [6, 6.07) is 10.6. The summed E-state index contributed by atoms with van der Waals surface area (Å²) in [4.78, 5) is 25.0. The Morgan fingerprint density at radius 1 is 1.11 bits per heavy atom. The maximum absolute atomic E-state index is 12.5. The van der Waals surface area contributed by atoms with Crippen molar-refractivity contribution in [3.63, 3.8) is 0 Å². The maximum atomic E-state index is 12.5. The summed E-state index contributed by atoms with van der Waals surface area (Å²) in [6.07, 6.45) is 0.469. The number of aromatic nitrogens is 4. The van der Waals surface area contributed by atoms with Crippen LogP contribution >= 0.6 is 0 Å². The maximum Gasteiger partial charge on any atom is 0.338 e. The van der Waals surface area contributed by atoms with Gasteiger partial charge in [-0.25, -0.2) is 9.48 Å². The molecule has 1 atom stereocenters. The summed E-state index contributed by atoms with van der Waals surface area (Å²) in [5.74, 6) is -0.991. The van der Waals surface area contributed by atoms with Crippen LogP contribution in [0.1, 0.15) is 34.0 Å². The van der Waals surface area contributed by atoms with Crippen molar-refractivity contribution in [1.82, 2.24) is 20.2 Å². The summed E-state index contributed by atoms with van der Waals surface area (Å²) >= 11 is 0. The van der Waals surface area contributed by atoms with Crippen LogP contribution in [-0.4, -0.2) is 38.2 Å². The molecule has 0 radical (unpaired) electrons. The van der Waals surface area contributed by atoms with Gasteiger partial charge in [-0.15, -0.1) is 5.10 Å². The Labute approximate surface area is 162 Å². The Morgan fingerprint density at radius 2 is 1.82 bits per heavy atom. The number of esters is 1. The Kier molecular flexibility index (Phi) is 5.49. The van der Waals surface area contributed by atoms with Gasteiger partial charge in [0, 0.05) is 5.69 Å². The fraction of sp³-hybridized carbons (Fsp3) is 0.250. The Hall–Kier alpha value is -3.55. The van der Waals surface area contributed by atoms with E-state index in [2.05, 4.69) is 20.8 Å². The number of carbonyl (C=O) groups is 2. The zero-order valence-corrected chi connectivity index (χ0v) is 16.1. The van der Waals surface area contributed by atoms with E-state index >= 15 is 0 Å². The number of amides is 1. The minimum atomic E-state index is -0.954. The molecule has 3 aromatic rings. The van der Waals surface area contributed by atoms with Crippen LogP contribution in [0.4, 0.5) is 5.69 Å². The van der Waals surface area contributed by atoms with Crippen molar-refractivity contribution in [3.05, 3.63) is 65.0 Å². The van der Waals surface area contributed by atoms with Crippen LogP contribution in [0.2, 0.25) is 0 Å². The van der Waals surface area contributed by atoms with Crippen LogP contribution in [0.15, 0.2) is 42.7 Å². The highest BCUT2D eigenvalue weighted by atomic mass is 16.5. The Bertz CT molecular complexity index is 991. The second kappa shape index (κ2) is 7.99. The standard InChI is InChI=1S/C20H21N5O3/c1-12-8-13(2)18(14(3)9-12)22-19(26)15(4)28-20(27)16-6-5-7-17(10-16)25-11-21-23-24-25/h5-11,15H,1-4H3,(H,22,26). The van der Waals surface area contributed by atoms with E-state index in [1.807, 2.05) is 32.9 Å². The van der Waals surface area contributed by atoms with Gasteiger partial charge in [0.1, 0.15) is 6.33 Å². The molecule has 3 rings (SSSR count). The number of nitrogens with one attached hydrogen (secondary N) is 1. The minimum Gasteiger partial charge on any atom is -0.449 e. The van der Waals surface area contributed by atoms with Crippen LogP contribution < -0.4 is 5.32 Å². The number of aryl methyl sites for hydroxylation is 3. The van der Waals surface area contributed by atoms with Gasteiger partial charge >= 0.3 is 5.97 Å². The number of ether oxygens (including phenoxy) is 1. The minimum absolute atomic E-state index is 0.301. The van der Waals surface area contributed by atoms with Gasteiger partial charge in [-0.05, 0) is 67.4 Å². The largest absolute Gasteiger partial charge is 0.449 e. The normalized spacial score (nSPS) is 11.7. The molecule has 1 N–H and O–H groups in total. The highest BCUT2D eigenvalue weighted by Crippen LogP contribution is 2.22. The lowest BCUT2D eigenvalue weighted by atomic mass is 10.0. The van der Waals surface area contributed by atoms with E-state index in [0.717, 1.165) is 22.4 Å². The molecule has 0 aliphatic rings. The van der Waals surface area contributed by atoms with Crippen molar-refractivity contribution in [2.45, 2.75) is 33.8 Å². The molecule has 0 bridgehead atoms. The molecule has 0 saturated heterocycles. The fourth-order valence-corrected chi connectivity index (χ4v) is 2.94. The summed E-state index contributed by atoms with van der Waals surface area (Å²) in [5, 5.41) is 13.8. The molecule has 0 aliphatic carbocycles. The van der Waals surface area contributed by atoms with Crippen molar-refractivity contribution in [2.24, 2.45) is 0 Å². The second-order valence-electron chi connectivity index (χ2n) is 6.62. The second-order valence-corrected chi connectivity index (χ2v) is 6.62. The average molecular weight is 379 g/mol. The number of nitrogens with zero attached hydrogens (tertiary/aromatic N) is 4. The highest BCUT2D eigenvalue weighted by Gasteiger charge is 2.20. The summed E-state index contributed by atoms with van der Waals surface area (Å²) in [6.45, 7) is 7.39. The molecule has 2 aromatic carbocycles. The van der Waals surface area contributed by atoms with Gasteiger partial charge in [0.25, 0.3) is 5.91 Å². The smallest absolute Gasteiger partial charge is 0.338 e. The number of hydrogen-bond donors (Lipinski definition) is 1.